The third-order valence-electron chi connectivity index (χ3n) is 4.76. The smallest absolute Gasteiger partial charge is 0.269 e. The van der Waals surface area contributed by atoms with Crippen molar-refractivity contribution in [2.24, 2.45) is 0 Å². The van der Waals surface area contributed by atoms with Crippen molar-refractivity contribution in [1.29, 1.82) is 0 Å². The molecule has 4 heteroatoms. The summed E-state index contributed by atoms with van der Waals surface area (Å²) in [5.74, 6) is 0.460. The van der Waals surface area contributed by atoms with E-state index in [-0.39, 0.29) is 5.91 Å². The van der Waals surface area contributed by atoms with Gasteiger partial charge in [0, 0.05) is 16.8 Å². The van der Waals surface area contributed by atoms with Crippen LogP contribution in [0.15, 0.2) is 127 Å². The normalized spacial score (nSPS) is 10.1. The summed E-state index contributed by atoms with van der Waals surface area (Å²) in [7, 11) is 0. The first-order valence-electron chi connectivity index (χ1n) is 10.1. The van der Waals surface area contributed by atoms with E-state index in [4.69, 9.17) is 0 Å². The molecule has 0 radical (unpaired) electrons. The van der Waals surface area contributed by atoms with Crippen LogP contribution in [0, 0.1) is 0 Å². The van der Waals surface area contributed by atoms with Gasteiger partial charge < -0.3 is 5.32 Å². The second kappa shape index (κ2) is 9.94. The first-order chi connectivity index (χ1) is 15.3. The first kappa shape index (κ1) is 20.0. The van der Waals surface area contributed by atoms with Crippen LogP contribution in [0.4, 0.5) is 5.69 Å². The van der Waals surface area contributed by atoms with Crippen LogP contribution >= 0.6 is 0 Å². The summed E-state index contributed by atoms with van der Waals surface area (Å²) in [6.07, 6.45) is 0. The van der Waals surface area contributed by atoms with Crippen molar-refractivity contribution in [1.82, 2.24) is 10.9 Å². The zero-order valence-corrected chi connectivity index (χ0v) is 17.0. The van der Waals surface area contributed by atoms with E-state index in [1.807, 2.05) is 84.9 Å². The Kier molecular flexibility index (Phi) is 6.41. The predicted molar refractivity (Wildman–Crippen MR) is 126 cm³/mol. The van der Waals surface area contributed by atoms with Crippen LogP contribution in [0.5, 0.6) is 0 Å². The number of amides is 1. The van der Waals surface area contributed by atoms with Crippen LogP contribution in [0.25, 0.3) is 5.57 Å². The maximum absolute atomic E-state index is 12.7. The number of carbonyl (C=O) groups is 1. The number of para-hydroxylation sites is 1. The summed E-state index contributed by atoms with van der Waals surface area (Å²) in [4.78, 5) is 12.7. The Balaban J connectivity index is 1.76. The highest BCUT2D eigenvalue weighted by Gasteiger charge is 2.14. The molecule has 4 rings (SSSR count). The Labute approximate surface area is 182 Å². The lowest BCUT2D eigenvalue weighted by atomic mass is 9.97. The lowest BCUT2D eigenvalue weighted by Gasteiger charge is -2.20. The fourth-order valence-corrected chi connectivity index (χ4v) is 3.27. The van der Waals surface area contributed by atoms with E-state index in [0.717, 1.165) is 22.4 Å². The molecule has 0 saturated carbocycles. The number of benzene rings is 4. The van der Waals surface area contributed by atoms with Gasteiger partial charge in [-0.3, -0.25) is 15.6 Å². The second-order valence-corrected chi connectivity index (χ2v) is 6.92. The quantitative estimate of drug-likeness (QED) is 0.358. The lowest BCUT2D eigenvalue weighted by Crippen LogP contribution is -2.39. The zero-order valence-electron chi connectivity index (χ0n) is 17.0. The second-order valence-electron chi connectivity index (χ2n) is 6.92. The fraction of sp³-hybridized carbons (Fsp3) is 0. The Morgan fingerprint density at radius 3 is 1.39 bits per heavy atom. The number of anilines is 1. The predicted octanol–water partition coefficient (Wildman–Crippen LogP) is 5.45. The third kappa shape index (κ3) is 5.19. The molecule has 3 N–H and O–H groups in total. The van der Waals surface area contributed by atoms with E-state index in [0.29, 0.717) is 11.4 Å². The number of hydrogen-bond acceptors (Lipinski definition) is 3. The first-order valence-corrected chi connectivity index (χ1v) is 10.1. The summed E-state index contributed by atoms with van der Waals surface area (Å²) in [5, 5.41) is 3.44. The average molecular weight is 406 g/mol. The van der Waals surface area contributed by atoms with Crippen LogP contribution in [-0.4, -0.2) is 5.91 Å². The maximum Gasteiger partial charge on any atom is 0.269 e. The third-order valence-corrected chi connectivity index (χ3v) is 4.76. The SMILES string of the molecule is O=C(NNC(Nc1ccccc1)=C(c1ccccc1)c1ccccc1)c1ccccc1. The minimum absolute atomic E-state index is 0.214. The van der Waals surface area contributed by atoms with E-state index in [1.165, 1.54) is 0 Å². The molecule has 4 nitrogen and oxygen atoms in total. The Hall–Kier alpha value is -4.31. The number of hydrogen-bond donors (Lipinski definition) is 3. The van der Waals surface area contributed by atoms with Crippen molar-refractivity contribution >= 4 is 17.2 Å². The monoisotopic (exact) mass is 405 g/mol. The van der Waals surface area contributed by atoms with Crippen LogP contribution < -0.4 is 16.2 Å². The van der Waals surface area contributed by atoms with E-state index in [9.17, 15) is 4.79 Å². The molecule has 1 amide bonds. The lowest BCUT2D eigenvalue weighted by molar-refractivity contribution is 0.0939. The van der Waals surface area contributed by atoms with E-state index < -0.39 is 0 Å². The van der Waals surface area contributed by atoms with Crippen molar-refractivity contribution in [3.63, 3.8) is 0 Å². The highest BCUT2D eigenvalue weighted by Crippen LogP contribution is 2.26. The molecule has 4 aromatic carbocycles. The zero-order chi connectivity index (χ0) is 21.3. The maximum atomic E-state index is 12.7. The molecule has 0 bridgehead atoms. The van der Waals surface area contributed by atoms with Gasteiger partial charge in [-0.05, 0) is 35.4 Å². The Morgan fingerprint density at radius 1 is 0.484 bits per heavy atom. The van der Waals surface area contributed by atoms with Gasteiger partial charge in [-0.15, -0.1) is 0 Å². The molecular formula is C27H23N3O. The number of rotatable bonds is 7. The van der Waals surface area contributed by atoms with Gasteiger partial charge in [0.25, 0.3) is 5.91 Å². The molecular weight excluding hydrogens is 382 g/mol. The summed E-state index contributed by atoms with van der Waals surface area (Å²) in [6.45, 7) is 0. The molecule has 0 spiro atoms. The molecule has 31 heavy (non-hydrogen) atoms. The number of nitrogens with one attached hydrogen (secondary N) is 3. The van der Waals surface area contributed by atoms with Crippen molar-refractivity contribution in [3.05, 3.63) is 144 Å². The molecule has 0 aromatic heterocycles. The van der Waals surface area contributed by atoms with Gasteiger partial charge in [0.2, 0.25) is 0 Å². The highest BCUT2D eigenvalue weighted by molar-refractivity contribution is 5.94. The number of carbonyl (C=O) groups excluding carboxylic acids is 1. The molecule has 152 valence electrons. The minimum atomic E-state index is -0.214. The summed E-state index contributed by atoms with van der Waals surface area (Å²) in [6, 6.07) is 39.2. The molecule has 0 aliphatic heterocycles. The topological polar surface area (TPSA) is 53.2 Å². The van der Waals surface area contributed by atoms with Gasteiger partial charge in [-0.2, -0.15) is 0 Å². The van der Waals surface area contributed by atoms with Gasteiger partial charge >= 0.3 is 0 Å². The molecule has 0 fully saturated rings. The van der Waals surface area contributed by atoms with Gasteiger partial charge in [-0.25, -0.2) is 0 Å². The molecule has 4 aromatic rings. The molecule has 0 aliphatic rings. The van der Waals surface area contributed by atoms with Crippen molar-refractivity contribution in [2.75, 3.05) is 5.32 Å². The molecule has 0 heterocycles. The van der Waals surface area contributed by atoms with Gasteiger partial charge in [0.1, 0.15) is 5.82 Å². The highest BCUT2D eigenvalue weighted by atomic mass is 16.2. The van der Waals surface area contributed by atoms with E-state index >= 15 is 0 Å². The van der Waals surface area contributed by atoms with Crippen LogP contribution in [0.1, 0.15) is 21.5 Å². The Morgan fingerprint density at radius 2 is 0.903 bits per heavy atom. The van der Waals surface area contributed by atoms with E-state index in [1.54, 1.807) is 12.1 Å². The largest absolute Gasteiger partial charge is 0.340 e. The standard InChI is InChI=1S/C27H23N3O/c31-27(23-17-9-3-10-18-23)30-29-26(28-24-19-11-4-12-20-24)25(21-13-5-1-6-14-21)22-15-7-2-8-16-22/h1-20,28-29H,(H,30,31). The van der Waals surface area contributed by atoms with Gasteiger partial charge in [-0.1, -0.05) is 97.1 Å². The molecule has 0 unspecified atom stereocenters. The van der Waals surface area contributed by atoms with E-state index in [2.05, 4.69) is 40.4 Å². The summed E-state index contributed by atoms with van der Waals surface area (Å²) in [5.41, 5.74) is 10.4. The van der Waals surface area contributed by atoms with Crippen molar-refractivity contribution in [3.8, 4) is 0 Å². The fourth-order valence-electron chi connectivity index (χ4n) is 3.27. The van der Waals surface area contributed by atoms with Crippen LogP contribution in [-0.2, 0) is 0 Å². The van der Waals surface area contributed by atoms with Gasteiger partial charge in [0.15, 0.2) is 0 Å². The molecule has 0 atom stereocenters. The average Bonchev–Trinajstić information content (AvgIpc) is 2.85. The molecule has 0 aliphatic carbocycles. The van der Waals surface area contributed by atoms with Crippen LogP contribution in [0.3, 0.4) is 0 Å². The van der Waals surface area contributed by atoms with Crippen LogP contribution in [0.2, 0.25) is 0 Å². The van der Waals surface area contributed by atoms with Gasteiger partial charge in [0.05, 0.1) is 0 Å². The molecule has 0 saturated heterocycles. The van der Waals surface area contributed by atoms with Crippen molar-refractivity contribution < 1.29 is 4.79 Å². The van der Waals surface area contributed by atoms with Crippen molar-refractivity contribution in [2.45, 2.75) is 0 Å². The summed E-state index contributed by atoms with van der Waals surface area (Å²) < 4.78 is 0. The minimum Gasteiger partial charge on any atom is -0.340 e. The number of hydrazine groups is 1. The summed E-state index contributed by atoms with van der Waals surface area (Å²) >= 11 is 0. The Bertz CT molecular complexity index is 1100.